The van der Waals surface area contributed by atoms with Crippen LogP contribution in [0.25, 0.3) is 0 Å². The molecule has 2 N–H and O–H groups in total. The van der Waals surface area contributed by atoms with Crippen molar-refractivity contribution >= 4 is 5.97 Å². The van der Waals surface area contributed by atoms with Crippen molar-refractivity contribution in [2.45, 2.75) is 160 Å². The van der Waals surface area contributed by atoms with Crippen molar-refractivity contribution in [2.75, 3.05) is 14.2 Å². The molecule has 0 aromatic heterocycles. The summed E-state index contributed by atoms with van der Waals surface area (Å²) in [7, 11) is 3.21. The van der Waals surface area contributed by atoms with Gasteiger partial charge in [-0.3, -0.25) is 4.79 Å². The lowest BCUT2D eigenvalue weighted by Crippen LogP contribution is -2.54. The van der Waals surface area contributed by atoms with E-state index in [1.807, 2.05) is 51.2 Å². The van der Waals surface area contributed by atoms with E-state index >= 15 is 0 Å². The number of allylic oxidation sites excluding steroid dienone is 2. The van der Waals surface area contributed by atoms with Gasteiger partial charge < -0.3 is 43.4 Å². The number of fused-ring (bicyclic) bond motifs is 3. The van der Waals surface area contributed by atoms with Gasteiger partial charge in [0, 0.05) is 51.7 Å². The van der Waals surface area contributed by atoms with Crippen molar-refractivity contribution in [1.82, 2.24) is 0 Å². The maximum atomic E-state index is 14.2. The zero-order valence-corrected chi connectivity index (χ0v) is 33.0. The summed E-state index contributed by atoms with van der Waals surface area (Å²) >= 11 is 0. The molecule has 1 aliphatic carbocycles. The van der Waals surface area contributed by atoms with Crippen molar-refractivity contribution < 1.29 is 48.2 Å². The quantitative estimate of drug-likeness (QED) is 0.231. The normalized spacial score (nSPS) is 46.5. The Bertz CT molecular complexity index is 1400. The van der Waals surface area contributed by atoms with Crippen molar-refractivity contribution in [2.24, 2.45) is 23.7 Å². The highest BCUT2D eigenvalue weighted by Crippen LogP contribution is 2.44. The molecule has 15 unspecified atom stereocenters. The van der Waals surface area contributed by atoms with Gasteiger partial charge in [-0.1, -0.05) is 70.6 Å². The molecule has 52 heavy (non-hydrogen) atoms. The van der Waals surface area contributed by atoms with Crippen molar-refractivity contribution in [1.29, 1.82) is 0 Å². The molecule has 4 aliphatic heterocycles. The SMILES string of the molecule is CCC(C)C1OC2(C=CC1C)CC1CC(C/C=C(/C)C(OC3CC(OC)C(O)C(C)O3)C(C)/C=C\C=C(\C)C3(O)CC(OC)C(C)=CC3C(=O)O1)O2. The summed E-state index contributed by atoms with van der Waals surface area (Å²) in [6, 6.07) is 0. The van der Waals surface area contributed by atoms with Gasteiger partial charge in [0.2, 0.25) is 0 Å². The molecule has 2 bridgehead atoms. The number of hydrogen-bond donors (Lipinski definition) is 2. The van der Waals surface area contributed by atoms with E-state index < -0.39 is 54.0 Å². The zero-order valence-electron chi connectivity index (χ0n) is 33.0. The summed E-state index contributed by atoms with van der Waals surface area (Å²) < 4.78 is 44.3. The fourth-order valence-corrected chi connectivity index (χ4v) is 8.59. The highest BCUT2D eigenvalue weighted by molar-refractivity contribution is 5.78. The Hall–Kier alpha value is -2.15. The average molecular weight is 729 g/mol. The molecular weight excluding hydrogens is 664 g/mol. The van der Waals surface area contributed by atoms with Crippen molar-refractivity contribution in [3.05, 3.63) is 59.3 Å². The predicted molar refractivity (Wildman–Crippen MR) is 198 cm³/mol. The Morgan fingerprint density at radius 3 is 2.42 bits per heavy atom. The first-order valence-electron chi connectivity index (χ1n) is 19.4. The molecule has 10 heteroatoms. The molecule has 15 atom stereocenters. The Balaban J connectivity index is 1.54. The number of methoxy groups -OCH3 is 2. The number of aliphatic hydroxyl groups is 2. The van der Waals surface area contributed by atoms with Crippen molar-refractivity contribution in [3.63, 3.8) is 0 Å². The summed E-state index contributed by atoms with van der Waals surface area (Å²) in [5.41, 5.74) is 0.982. The molecule has 5 aliphatic rings. The van der Waals surface area contributed by atoms with Gasteiger partial charge in [0.15, 0.2) is 12.1 Å². The minimum atomic E-state index is -1.53. The lowest BCUT2D eigenvalue weighted by molar-refractivity contribution is -0.300. The van der Waals surface area contributed by atoms with Crippen LogP contribution in [-0.4, -0.2) is 96.9 Å². The molecule has 2 saturated heterocycles. The van der Waals surface area contributed by atoms with Gasteiger partial charge in [-0.2, -0.15) is 0 Å². The molecule has 0 aromatic rings. The van der Waals surface area contributed by atoms with Gasteiger partial charge >= 0.3 is 5.97 Å². The lowest BCUT2D eigenvalue weighted by Gasteiger charge is -2.48. The Morgan fingerprint density at radius 1 is 0.981 bits per heavy atom. The van der Waals surface area contributed by atoms with Crippen LogP contribution < -0.4 is 0 Å². The van der Waals surface area contributed by atoms with E-state index in [0.29, 0.717) is 37.2 Å². The molecule has 0 saturated carbocycles. The molecule has 292 valence electrons. The number of esters is 1. The second-order valence-corrected chi connectivity index (χ2v) is 16.1. The minimum absolute atomic E-state index is 0.0502. The second-order valence-electron chi connectivity index (χ2n) is 16.1. The van der Waals surface area contributed by atoms with Gasteiger partial charge in [0.05, 0.1) is 36.6 Å². The van der Waals surface area contributed by atoms with E-state index in [-0.39, 0.29) is 42.7 Å². The maximum absolute atomic E-state index is 14.2. The fraction of sp³-hybridized carbons (Fsp3) is 0.738. The van der Waals surface area contributed by atoms with E-state index in [1.165, 1.54) is 0 Å². The fourth-order valence-electron chi connectivity index (χ4n) is 8.59. The van der Waals surface area contributed by atoms with E-state index in [0.717, 1.165) is 17.6 Å². The molecule has 2 fully saturated rings. The van der Waals surface area contributed by atoms with Gasteiger partial charge in [-0.25, -0.2) is 0 Å². The molecule has 10 nitrogen and oxygen atoms in total. The van der Waals surface area contributed by atoms with Crippen LogP contribution in [0.5, 0.6) is 0 Å². The van der Waals surface area contributed by atoms with Crippen LogP contribution in [0.4, 0.5) is 0 Å². The first-order valence-corrected chi connectivity index (χ1v) is 19.4. The Labute approximate surface area is 311 Å². The van der Waals surface area contributed by atoms with E-state index in [9.17, 15) is 15.0 Å². The lowest BCUT2D eigenvalue weighted by atomic mass is 9.71. The molecule has 5 rings (SSSR count). The minimum Gasteiger partial charge on any atom is -0.462 e. The number of hydrogen-bond acceptors (Lipinski definition) is 10. The van der Waals surface area contributed by atoms with E-state index in [4.69, 9.17) is 33.2 Å². The Morgan fingerprint density at radius 2 is 1.73 bits per heavy atom. The van der Waals surface area contributed by atoms with Gasteiger partial charge in [-0.15, -0.1) is 0 Å². The van der Waals surface area contributed by atoms with E-state index in [1.54, 1.807) is 14.2 Å². The zero-order chi connectivity index (χ0) is 38.0. The third kappa shape index (κ3) is 8.86. The molecule has 0 amide bonds. The van der Waals surface area contributed by atoms with Crippen LogP contribution in [0.1, 0.15) is 93.9 Å². The number of ether oxygens (including phenoxy) is 7. The number of carbonyl (C=O) groups excluding carboxylic acids is 1. The number of carbonyl (C=O) groups is 1. The van der Waals surface area contributed by atoms with Crippen LogP contribution >= 0.6 is 0 Å². The largest absolute Gasteiger partial charge is 0.462 e. The summed E-state index contributed by atoms with van der Waals surface area (Å²) in [6.45, 7) is 16.3. The first kappa shape index (κ1) is 41.0. The molecule has 4 heterocycles. The van der Waals surface area contributed by atoms with Crippen LogP contribution in [-0.2, 0) is 38.0 Å². The van der Waals surface area contributed by atoms with Crippen LogP contribution in [0.2, 0.25) is 0 Å². The molecule has 0 aromatic carbocycles. The summed E-state index contributed by atoms with van der Waals surface area (Å²) in [5, 5.41) is 23.0. The highest BCUT2D eigenvalue weighted by atomic mass is 16.7. The van der Waals surface area contributed by atoms with Crippen molar-refractivity contribution in [3.8, 4) is 0 Å². The monoisotopic (exact) mass is 728 g/mol. The number of aliphatic hydroxyl groups excluding tert-OH is 1. The Kier molecular flexibility index (Phi) is 13.5. The van der Waals surface area contributed by atoms with E-state index in [2.05, 4.69) is 46.8 Å². The predicted octanol–water partition coefficient (Wildman–Crippen LogP) is 6.51. The topological polar surface area (TPSA) is 122 Å². The second kappa shape index (κ2) is 17.1. The summed E-state index contributed by atoms with van der Waals surface area (Å²) in [4.78, 5) is 14.2. The third-order valence-corrected chi connectivity index (χ3v) is 12.2. The molecular formula is C42H64O10. The van der Waals surface area contributed by atoms with Gasteiger partial charge in [0.25, 0.3) is 0 Å². The summed E-state index contributed by atoms with van der Waals surface area (Å²) in [5.74, 6) is -2.04. The smallest absolute Gasteiger partial charge is 0.316 e. The van der Waals surface area contributed by atoms with Crippen LogP contribution in [0.15, 0.2) is 59.3 Å². The standard InChI is InChI=1S/C42H64O10/c1-11-24(2)39-27(5)17-18-41(52-39)22-32-20-31(51-41)16-15-26(4)38(50-36-21-34(46-9)37(43)30(8)48-36)25(3)13-12-14-29(7)42(45)23-35(47-10)28(6)19-33(42)40(44)49-32/h12-15,17-19,24-25,27,30-39,43,45H,11,16,20-23H2,1-10H3/b13-12-,26-15-,29-14-. The molecule has 1 spiro atoms. The van der Waals surface area contributed by atoms with Crippen LogP contribution in [0.3, 0.4) is 0 Å². The average Bonchev–Trinajstić information content (AvgIpc) is 3.11. The molecule has 0 radical (unpaired) electrons. The first-order chi connectivity index (χ1) is 24.6. The van der Waals surface area contributed by atoms with Crippen LogP contribution in [0, 0.1) is 23.7 Å². The maximum Gasteiger partial charge on any atom is 0.316 e. The van der Waals surface area contributed by atoms with Gasteiger partial charge in [-0.05, 0) is 62.8 Å². The summed E-state index contributed by atoms with van der Waals surface area (Å²) in [6.07, 6.45) is 13.1. The third-order valence-electron chi connectivity index (χ3n) is 12.2. The highest BCUT2D eigenvalue weighted by Gasteiger charge is 2.51. The number of rotatable bonds is 6. The van der Waals surface area contributed by atoms with Gasteiger partial charge in [0.1, 0.15) is 23.7 Å².